The molecule has 0 bridgehead atoms. The van der Waals surface area contributed by atoms with Gasteiger partial charge in [-0.2, -0.15) is 0 Å². The van der Waals surface area contributed by atoms with Crippen LogP contribution in [-0.2, 0) is 11.3 Å². The molecular formula is C14H17N3O2S. The minimum atomic E-state index is 0.217. The van der Waals surface area contributed by atoms with E-state index in [2.05, 4.69) is 16.8 Å². The van der Waals surface area contributed by atoms with Gasteiger partial charge >= 0.3 is 0 Å². The second-order valence-electron chi connectivity index (χ2n) is 4.34. The van der Waals surface area contributed by atoms with Crippen LogP contribution in [0.25, 0.3) is 11.6 Å². The topological polar surface area (TPSA) is 60.9 Å². The van der Waals surface area contributed by atoms with E-state index in [9.17, 15) is 4.79 Å². The third-order valence-corrected chi connectivity index (χ3v) is 3.73. The summed E-state index contributed by atoms with van der Waals surface area (Å²) in [7, 11) is 0. The van der Waals surface area contributed by atoms with E-state index in [4.69, 9.17) is 4.42 Å². The van der Waals surface area contributed by atoms with Crippen LogP contribution in [0, 0.1) is 0 Å². The van der Waals surface area contributed by atoms with Gasteiger partial charge in [-0.25, -0.2) is 0 Å². The molecule has 0 aromatic carbocycles. The minimum absolute atomic E-state index is 0.217. The van der Waals surface area contributed by atoms with E-state index in [1.54, 1.807) is 31.0 Å². The molecule has 0 aliphatic heterocycles. The fourth-order valence-electron chi connectivity index (χ4n) is 1.76. The molecule has 2 heterocycles. The van der Waals surface area contributed by atoms with Gasteiger partial charge in [0.25, 0.3) is 0 Å². The molecule has 106 valence electrons. The van der Waals surface area contributed by atoms with Crippen LogP contribution in [0.1, 0.15) is 19.8 Å². The summed E-state index contributed by atoms with van der Waals surface area (Å²) in [6.45, 7) is 5.99. The summed E-state index contributed by atoms with van der Waals surface area (Å²) in [5.41, 5.74) is 0. The number of nitrogens with zero attached hydrogens (tertiary/aromatic N) is 3. The van der Waals surface area contributed by atoms with Crippen LogP contribution in [-0.4, -0.2) is 26.3 Å². The van der Waals surface area contributed by atoms with Crippen LogP contribution in [0.4, 0.5) is 0 Å². The first kappa shape index (κ1) is 14.6. The lowest BCUT2D eigenvalue weighted by atomic mass is 10.3. The Morgan fingerprint density at radius 2 is 2.40 bits per heavy atom. The van der Waals surface area contributed by atoms with Crippen molar-refractivity contribution in [3.63, 3.8) is 0 Å². The second-order valence-corrected chi connectivity index (χ2v) is 5.40. The number of ketones is 1. The highest BCUT2D eigenvalue weighted by molar-refractivity contribution is 7.99. The first-order valence-electron chi connectivity index (χ1n) is 6.42. The smallest absolute Gasteiger partial charge is 0.200 e. The van der Waals surface area contributed by atoms with Gasteiger partial charge in [-0.05, 0) is 25.5 Å². The van der Waals surface area contributed by atoms with E-state index in [1.807, 2.05) is 16.7 Å². The predicted molar refractivity (Wildman–Crippen MR) is 78.6 cm³/mol. The first-order valence-corrected chi connectivity index (χ1v) is 7.41. The molecule has 0 amide bonds. The van der Waals surface area contributed by atoms with Gasteiger partial charge in [0, 0.05) is 18.7 Å². The predicted octanol–water partition coefficient (Wildman–Crippen LogP) is 3.19. The number of rotatable bonds is 8. The molecule has 0 aliphatic carbocycles. The van der Waals surface area contributed by atoms with E-state index in [0.717, 1.165) is 17.3 Å². The number of Topliss-reactive ketones (excluding diaryl/α,β-unsaturated/α-hetero) is 1. The molecule has 2 aromatic heterocycles. The summed E-state index contributed by atoms with van der Waals surface area (Å²) < 4.78 is 7.33. The van der Waals surface area contributed by atoms with Gasteiger partial charge < -0.3 is 9.21 Å². The van der Waals surface area contributed by atoms with E-state index in [-0.39, 0.29) is 5.78 Å². The van der Waals surface area contributed by atoms with Crippen molar-refractivity contribution in [2.45, 2.75) is 31.5 Å². The van der Waals surface area contributed by atoms with Crippen molar-refractivity contribution in [3.05, 3.63) is 31.1 Å². The van der Waals surface area contributed by atoms with Crippen molar-refractivity contribution in [3.8, 4) is 11.6 Å². The van der Waals surface area contributed by atoms with Gasteiger partial charge in [0.2, 0.25) is 5.82 Å². The Kier molecular flexibility index (Phi) is 5.17. The first-order chi connectivity index (χ1) is 9.72. The number of furan rings is 1. The molecule has 0 fully saturated rings. The number of thioether (sulfide) groups is 1. The summed E-state index contributed by atoms with van der Waals surface area (Å²) in [5, 5.41) is 9.18. The van der Waals surface area contributed by atoms with Crippen molar-refractivity contribution in [2.75, 3.05) is 5.75 Å². The molecule has 0 saturated carbocycles. The van der Waals surface area contributed by atoms with Crippen molar-refractivity contribution in [1.82, 2.24) is 14.8 Å². The van der Waals surface area contributed by atoms with Gasteiger partial charge in [0.15, 0.2) is 10.9 Å². The number of hydrogen-bond acceptors (Lipinski definition) is 5. The molecule has 2 rings (SSSR count). The van der Waals surface area contributed by atoms with E-state index in [1.165, 1.54) is 0 Å². The van der Waals surface area contributed by atoms with Gasteiger partial charge in [0.05, 0.1) is 6.26 Å². The molecule has 0 saturated heterocycles. The number of hydrogen-bond donors (Lipinski definition) is 0. The Morgan fingerprint density at radius 3 is 3.05 bits per heavy atom. The lowest BCUT2D eigenvalue weighted by Gasteiger charge is -2.05. The van der Waals surface area contributed by atoms with Gasteiger partial charge in [-0.15, -0.1) is 16.8 Å². The lowest BCUT2D eigenvalue weighted by Crippen LogP contribution is -2.00. The highest BCUT2D eigenvalue weighted by Crippen LogP contribution is 2.24. The van der Waals surface area contributed by atoms with E-state index in [0.29, 0.717) is 24.6 Å². The summed E-state index contributed by atoms with van der Waals surface area (Å²) in [5.74, 6) is 2.45. The molecule has 0 aliphatic rings. The summed E-state index contributed by atoms with van der Waals surface area (Å²) in [6, 6.07) is 3.68. The van der Waals surface area contributed by atoms with Gasteiger partial charge in [0.1, 0.15) is 5.78 Å². The number of allylic oxidation sites excluding steroid dienone is 1. The quantitative estimate of drug-likeness (QED) is 0.424. The molecular weight excluding hydrogens is 274 g/mol. The van der Waals surface area contributed by atoms with Crippen LogP contribution in [0.15, 0.2) is 40.6 Å². The van der Waals surface area contributed by atoms with Crippen LogP contribution in [0.3, 0.4) is 0 Å². The fraction of sp³-hybridized carbons (Fsp3) is 0.357. The average molecular weight is 291 g/mol. The summed E-state index contributed by atoms with van der Waals surface area (Å²) >= 11 is 1.59. The van der Waals surface area contributed by atoms with Crippen molar-refractivity contribution in [1.29, 1.82) is 0 Å². The highest BCUT2D eigenvalue weighted by Gasteiger charge is 2.15. The monoisotopic (exact) mass is 291 g/mol. The third kappa shape index (κ3) is 3.60. The molecule has 0 radical (unpaired) electrons. The Labute approximate surface area is 122 Å². The maximum absolute atomic E-state index is 10.9. The van der Waals surface area contributed by atoms with Crippen LogP contribution in [0.2, 0.25) is 0 Å². The van der Waals surface area contributed by atoms with Gasteiger partial charge in [-0.1, -0.05) is 17.8 Å². The zero-order chi connectivity index (χ0) is 14.4. The largest absolute Gasteiger partial charge is 0.461 e. The van der Waals surface area contributed by atoms with Gasteiger partial charge in [-0.3, -0.25) is 4.57 Å². The number of carbonyl (C=O) groups is 1. The zero-order valence-electron chi connectivity index (χ0n) is 11.4. The van der Waals surface area contributed by atoms with Crippen molar-refractivity contribution < 1.29 is 9.21 Å². The Hall–Kier alpha value is -1.82. The summed E-state index contributed by atoms with van der Waals surface area (Å²) in [4.78, 5) is 10.9. The molecule has 0 atom stereocenters. The number of carbonyl (C=O) groups excluding carboxylic acids is 1. The lowest BCUT2D eigenvalue weighted by molar-refractivity contribution is -0.117. The van der Waals surface area contributed by atoms with Crippen LogP contribution >= 0.6 is 11.8 Å². The minimum Gasteiger partial charge on any atom is -0.461 e. The maximum Gasteiger partial charge on any atom is 0.200 e. The molecule has 0 unspecified atom stereocenters. The molecule has 0 N–H and O–H groups in total. The molecule has 2 aromatic rings. The second kappa shape index (κ2) is 7.09. The van der Waals surface area contributed by atoms with Crippen LogP contribution in [0.5, 0.6) is 0 Å². The highest BCUT2D eigenvalue weighted by atomic mass is 32.2. The third-order valence-electron chi connectivity index (χ3n) is 2.67. The van der Waals surface area contributed by atoms with E-state index >= 15 is 0 Å². The standard InChI is InChI=1S/C14H17N3O2S/c1-3-8-17-13(12-7-4-9-19-12)15-16-14(17)20-10-5-6-11(2)18/h3-4,7,9H,1,5-6,8,10H2,2H3. The zero-order valence-corrected chi connectivity index (χ0v) is 12.2. The molecule has 0 spiro atoms. The Morgan fingerprint density at radius 1 is 1.55 bits per heavy atom. The maximum atomic E-state index is 10.9. The average Bonchev–Trinajstić information content (AvgIpc) is 3.04. The normalized spacial score (nSPS) is 10.7. The number of aromatic nitrogens is 3. The van der Waals surface area contributed by atoms with Crippen LogP contribution < -0.4 is 0 Å². The Balaban J connectivity index is 2.09. The molecule has 20 heavy (non-hydrogen) atoms. The fourth-order valence-corrected chi connectivity index (χ4v) is 2.65. The SMILES string of the molecule is C=CCn1c(SCCCC(C)=O)nnc1-c1ccco1. The van der Waals surface area contributed by atoms with Crippen molar-refractivity contribution in [2.24, 2.45) is 0 Å². The van der Waals surface area contributed by atoms with Crippen molar-refractivity contribution >= 4 is 17.5 Å². The Bertz CT molecular complexity index is 575. The summed E-state index contributed by atoms with van der Waals surface area (Å²) in [6.07, 6.45) is 4.86. The molecule has 5 nitrogen and oxygen atoms in total. The molecule has 6 heteroatoms. The van der Waals surface area contributed by atoms with E-state index < -0.39 is 0 Å².